The summed E-state index contributed by atoms with van der Waals surface area (Å²) in [4.78, 5) is 13.9. The largest absolute Gasteiger partial charge is 0.340 e. The van der Waals surface area contributed by atoms with Crippen molar-refractivity contribution in [2.75, 3.05) is 7.05 Å². The summed E-state index contributed by atoms with van der Waals surface area (Å²) >= 11 is 0. The van der Waals surface area contributed by atoms with Gasteiger partial charge in [0.2, 0.25) is 5.91 Å². The number of hydrogen-bond acceptors (Lipinski definition) is 6. The normalized spacial score (nSPS) is 12.8. The zero-order valence-electron chi connectivity index (χ0n) is 14.7. The van der Waals surface area contributed by atoms with E-state index in [-0.39, 0.29) is 11.6 Å². The van der Waals surface area contributed by atoms with Crippen LogP contribution in [0.5, 0.6) is 0 Å². The van der Waals surface area contributed by atoms with Crippen LogP contribution in [0, 0.1) is 0 Å². The molecule has 0 N–H and O–H groups in total. The molecule has 2 rings (SSSR count). The van der Waals surface area contributed by atoms with E-state index in [0.717, 1.165) is 12.0 Å². The zero-order valence-corrected chi connectivity index (χ0v) is 15.5. The summed E-state index contributed by atoms with van der Waals surface area (Å²) < 4.78 is 26.7. The Balaban J connectivity index is 2.07. The lowest BCUT2D eigenvalue weighted by Gasteiger charge is -2.21. The number of tetrazole rings is 1. The number of amides is 1. The average molecular weight is 365 g/mol. The summed E-state index contributed by atoms with van der Waals surface area (Å²) in [5.74, 6) is -0.544. The number of hydrogen-bond donors (Lipinski definition) is 0. The third-order valence-corrected chi connectivity index (χ3v) is 5.84. The van der Waals surface area contributed by atoms with E-state index < -0.39 is 21.0 Å². The Morgan fingerprint density at radius 2 is 1.96 bits per heavy atom. The molecule has 0 aliphatic heterocycles. The van der Waals surface area contributed by atoms with Crippen LogP contribution in [0.3, 0.4) is 0 Å². The van der Waals surface area contributed by atoms with Crippen molar-refractivity contribution in [2.45, 2.75) is 44.4 Å². The van der Waals surface area contributed by atoms with Crippen molar-refractivity contribution in [2.24, 2.45) is 0 Å². The Morgan fingerprint density at radius 3 is 2.60 bits per heavy atom. The van der Waals surface area contributed by atoms with Crippen molar-refractivity contribution in [3.8, 4) is 0 Å². The van der Waals surface area contributed by atoms with Gasteiger partial charge in [0.05, 0.1) is 0 Å². The summed E-state index contributed by atoms with van der Waals surface area (Å²) in [7, 11) is -2.12. The molecule has 9 heteroatoms. The van der Waals surface area contributed by atoms with Crippen molar-refractivity contribution in [3.63, 3.8) is 0 Å². The number of nitrogens with zero attached hydrogens (tertiary/aromatic N) is 5. The van der Waals surface area contributed by atoms with Crippen LogP contribution in [-0.2, 0) is 33.5 Å². The Kier molecular flexibility index (Phi) is 6.24. The maximum absolute atomic E-state index is 12.6. The highest BCUT2D eigenvalue weighted by Crippen LogP contribution is 2.13. The highest BCUT2D eigenvalue weighted by atomic mass is 32.2. The van der Waals surface area contributed by atoms with Crippen LogP contribution in [0.15, 0.2) is 30.3 Å². The molecule has 25 heavy (non-hydrogen) atoms. The fraction of sp³-hybridized carbons (Fsp3) is 0.500. The molecule has 0 aliphatic rings. The second-order valence-electron chi connectivity index (χ2n) is 5.95. The van der Waals surface area contributed by atoms with Gasteiger partial charge in [-0.15, -0.1) is 5.10 Å². The van der Waals surface area contributed by atoms with Gasteiger partial charge in [0.1, 0.15) is 11.0 Å². The van der Waals surface area contributed by atoms with Gasteiger partial charge in [-0.25, -0.2) is 13.1 Å². The van der Waals surface area contributed by atoms with Crippen LogP contribution in [0.25, 0.3) is 0 Å². The molecule has 0 fully saturated rings. The lowest BCUT2D eigenvalue weighted by atomic mass is 10.2. The summed E-state index contributed by atoms with van der Waals surface area (Å²) in [6.07, 6.45) is 0.784. The maximum atomic E-state index is 12.6. The van der Waals surface area contributed by atoms with Crippen molar-refractivity contribution >= 4 is 15.7 Å². The minimum atomic E-state index is -3.72. The van der Waals surface area contributed by atoms with E-state index >= 15 is 0 Å². The first-order valence-electron chi connectivity index (χ1n) is 8.10. The lowest BCUT2D eigenvalue weighted by Crippen LogP contribution is -2.39. The van der Waals surface area contributed by atoms with Crippen LogP contribution < -0.4 is 0 Å². The van der Waals surface area contributed by atoms with Gasteiger partial charge < -0.3 is 4.90 Å². The Hall–Kier alpha value is -2.29. The van der Waals surface area contributed by atoms with Gasteiger partial charge in [-0.05, 0) is 29.3 Å². The molecule has 0 aliphatic carbocycles. The molecule has 2 aromatic rings. The third-order valence-electron chi connectivity index (χ3n) is 3.90. The zero-order chi connectivity index (χ0) is 18.4. The highest BCUT2D eigenvalue weighted by molar-refractivity contribution is 7.92. The molecule has 8 nitrogen and oxygen atoms in total. The molecule has 136 valence electrons. The Labute approximate surface area is 147 Å². The van der Waals surface area contributed by atoms with Crippen molar-refractivity contribution in [1.82, 2.24) is 25.1 Å². The highest BCUT2D eigenvalue weighted by Gasteiger charge is 2.32. The smallest absolute Gasteiger partial charge is 0.240 e. The van der Waals surface area contributed by atoms with E-state index in [2.05, 4.69) is 15.5 Å². The Morgan fingerprint density at radius 1 is 1.28 bits per heavy atom. The minimum Gasteiger partial charge on any atom is -0.340 e. The van der Waals surface area contributed by atoms with Gasteiger partial charge in [-0.2, -0.15) is 0 Å². The first-order chi connectivity index (χ1) is 11.8. The van der Waals surface area contributed by atoms with Crippen molar-refractivity contribution in [1.29, 1.82) is 0 Å². The molecule has 1 amide bonds. The number of carbonyl (C=O) groups is 1. The van der Waals surface area contributed by atoms with Crippen molar-refractivity contribution < 1.29 is 13.2 Å². The van der Waals surface area contributed by atoms with Gasteiger partial charge in [0.15, 0.2) is 15.7 Å². The topological polar surface area (TPSA) is 98.0 Å². The molecule has 1 heterocycles. The Bertz CT molecular complexity index is 804. The second kappa shape index (κ2) is 8.19. The summed E-state index contributed by atoms with van der Waals surface area (Å²) in [6.45, 7) is 4.25. The molecule has 0 saturated heterocycles. The summed E-state index contributed by atoms with van der Waals surface area (Å²) in [6, 6.07) is 9.42. The van der Waals surface area contributed by atoms with Gasteiger partial charge in [-0.3, -0.25) is 4.79 Å². The summed E-state index contributed by atoms with van der Waals surface area (Å²) in [5, 5.41) is 9.92. The fourth-order valence-corrected chi connectivity index (χ4v) is 3.72. The molecule has 0 bridgehead atoms. The van der Waals surface area contributed by atoms with Gasteiger partial charge in [0.25, 0.3) is 0 Å². The number of aromatic nitrogens is 4. The number of carbonyl (C=O) groups excluding carboxylic acids is 1. The molecule has 0 spiro atoms. The van der Waals surface area contributed by atoms with E-state index in [1.807, 2.05) is 37.3 Å². The molecular weight excluding hydrogens is 342 g/mol. The number of rotatable bonds is 8. The molecule has 0 radical (unpaired) electrons. The van der Waals surface area contributed by atoms with Crippen LogP contribution in [0.4, 0.5) is 0 Å². The third kappa shape index (κ3) is 4.85. The number of aryl methyl sites for hydroxylation is 1. The molecule has 1 unspecified atom stereocenters. The fourth-order valence-electron chi connectivity index (χ4n) is 2.42. The molecule has 1 aromatic carbocycles. The van der Waals surface area contributed by atoms with E-state index in [1.165, 1.54) is 16.5 Å². The monoisotopic (exact) mass is 365 g/mol. The van der Waals surface area contributed by atoms with E-state index in [0.29, 0.717) is 13.1 Å². The quantitative estimate of drug-likeness (QED) is 0.693. The van der Waals surface area contributed by atoms with Crippen molar-refractivity contribution in [3.05, 3.63) is 41.7 Å². The van der Waals surface area contributed by atoms with Gasteiger partial charge in [0, 0.05) is 20.1 Å². The molecule has 1 atom stereocenters. The van der Waals surface area contributed by atoms with Crippen LogP contribution in [0.2, 0.25) is 0 Å². The van der Waals surface area contributed by atoms with Gasteiger partial charge in [-0.1, -0.05) is 37.3 Å². The maximum Gasteiger partial charge on any atom is 0.240 e. The van der Waals surface area contributed by atoms with E-state index in [4.69, 9.17) is 0 Å². The number of benzene rings is 1. The van der Waals surface area contributed by atoms with Gasteiger partial charge >= 0.3 is 0 Å². The minimum absolute atomic E-state index is 0.257. The SMILES string of the molecule is CCCn1nnnc1CS(=O)(=O)C(C)C(=O)N(C)Cc1ccccc1. The van der Waals surface area contributed by atoms with E-state index in [9.17, 15) is 13.2 Å². The molecule has 0 saturated carbocycles. The number of sulfone groups is 1. The predicted octanol–water partition coefficient (Wildman–Crippen LogP) is 1.05. The lowest BCUT2D eigenvalue weighted by molar-refractivity contribution is -0.129. The summed E-state index contributed by atoms with van der Waals surface area (Å²) in [5.41, 5.74) is 0.940. The average Bonchev–Trinajstić information content (AvgIpc) is 3.01. The standard InChI is InChI=1S/C16H23N5O3S/c1-4-10-21-15(17-18-19-21)12-25(23,24)13(2)16(22)20(3)11-14-8-6-5-7-9-14/h5-9,13H,4,10-12H2,1-3H3. The second-order valence-corrected chi connectivity index (χ2v) is 8.27. The van der Waals surface area contributed by atoms with Crippen LogP contribution >= 0.6 is 0 Å². The van der Waals surface area contributed by atoms with E-state index in [1.54, 1.807) is 7.05 Å². The van der Waals surface area contributed by atoms with Crippen LogP contribution in [0.1, 0.15) is 31.7 Å². The first-order valence-corrected chi connectivity index (χ1v) is 9.82. The molecular formula is C16H23N5O3S. The molecule has 1 aromatic heterocycles. The predicted molar refractivity (Wildman–Crippen MR) is 93.1 cm³/mol. The van der Waals surface area contributed by atoms with Crippen LogP contribution in [-0.4, -0.2) is 51.7 Å². The first kappa shape index (κ1) is 19.0.